The average Bonchev–Trinajstić information content (AvgIpc) is 3.02. The summed E-state index contributed by atoms with van der Waals surface area (Å²) in [4.78, 5) is 8.74. The van der Waals surface area contributed by atoms with Gasteiger partial charge in [0.1, 0.15) is 0 Å². The number of imidazole rings is 1. The Morgan fingerprint density at radius 1 is 1.32 bits per heavy atom. The van der Waals surface area contributed by atoms with Crippen LogP contribution in [0.1, 0.15) is 12.5 Å². The lowest BCUT2D eigenvalue weighted by atomic mass is 10.1. The van der Waals surface area contributed by atoms with E-state index in [0.29, 0.717) is 19.6 Å². The Labute approximate surface area is 130 Å². The Hall–Kier alpha value is -1.86. The number of piperazine rings is 1. The second-order valence-corrected chi connectivity index (χ2v) is 7.57. The zero-order valence-electron chi connectivity index (χ0n) is 12.7. The number of nitrogens with one attached hydrogen (secondary N) is 1. The first-order valence-corrected chi connectivity index (χ1v) is 8.74. The molecule has 7 heteroatoms. The van der Waals surface area contributed by atoms with E-state index in [-0.39, 0.29) is 11.1 Å². The first-order valence-electron chi connectivity index (χ1n) is 7.30. The first-order chi connectivity index (χ1) is 10.5. The summed E-state index contributed by atoms with van der Waals surface area (Å²) in [7, 11) is -3.48. The third kappa shape index (κ3) is 2.74. The summed E-state index contributed by atoms with van der Waals surface area (Å²) in [6.45, 7) is 5.73. The number of hydrogen-bond donors (Lipinski definition) is 1. The van der Waals surface area contributed by atoms with Crippen molar-refractivity contribution < 1.29 is 8.42 Å². The quantitative estimate of drug-likeness (QED) is 0.933. The highest BCUT2D eigenvalue weighted by atomic mass is 32.2. The van der Waals surface area contributed by atoms with E-state index < -0.39 is 10.0 Å². The van der Waals surface area contributed by atoms with Gasteiger partial charge in [-0.2, -0.15) is 4.31 Å². The summed E-state index contributed by atoms with van der Waals surface area (Å²) >= 11 is 0. The highest BCUT2D eigenvalue weighted by molar-refractivity contribution is 7.89. The van der Waals surface area contributed by atoms with Crippen molar-refractivity contribution in [3.63, 3.8) is 0 Å². The highest BCUT2D eigenvalue weighted by Gasteiger charge is 2.33. The van der Waals surface area contributed by atoms with E-state index in [1.807, 2.05) is 6.07 Å². The molecular weight excluding hydrogens is 300 g/mol. The molecule has 3 rings (SSSR count). The number of sulfonamides is 1. The lowest BCUT2D eigenvalue weighted by molar-refractivity contribution is 0.341. The van der Waals surface area contributed by atoms with Crippen LogP contribution in [-0.2, 0) is 10.0 Å². The van der Waals surface area contributed by atoms with Gasteiger partial charge in [0, 0.05) is 31.4 Å². The van der Waals surface area contributed by atoms with Crippen molar-refractivity contribution in [2.45, 2.75) is 24.9 Å². The second-order valence-electron chi connectivity index (χ2n) is 5.66. The lowest BCUT2D eigenvalue weighted by Crippen LogP contribution is -2.53. The number of nitrogens with zero attached hydrogens (tertiary/aromatic N) is 3. The maximum Gasteiger partial charge on any atom is 0.260 e. The minimum Gasteiger partial charge on any atom is -0.366 e. The zero-order valence-corrected chi connectivity index (χ0v) is 13.5. The standard InChI is InChI=1S/C15H20N4O2S/c1-12-4-3-5-14(8-12)19-7-6-18(10-13(19)2)22(20,21)15-9-16-11-17-15/h3-5,8-9,11,13H,6-7,10H2,1-2H3,(H,16,17). The molecule has 1 aliphatic heterocycles. The Bertz CT molecular complexity index is 743. The largest absolute Gasteiger partial charge is 0.366 e. The predicted molar refractivity (Wildman–Crippen MR) is 85.3 cm³/mol. The molecule has 0 spiro atoms. The van der Waals surface area contributed by atoms with Gasteiger partial charge in [-0.05, 0) is 31.5 Å². The molecule has 1 fully saturated rings. The van der Waals surface area contributed by atoms with E-state index in [0.717, 1.165) is 5.69 Å². The summed E-state index contributed by atoms with van der Waals surface area (Å²) in [5, 5.41) is 0.156. The zero-order chi connectivity index (χ0) is 15.7. The Morgan fingerprint density at radius 2 is 2.14 bits per heavy atom. The Balaban J connectivity index is 1.78. The first kappa shape index (κ1) is 15.1. The number of aromatic amines is 1. The van der Waals surface area contributed by atoms with Gasteiger partial charge in [-0.25, -0.2) is 13.4 Å². The van der Waals surface area contributed by atoms with Crippen LogP contribution in [0.4, 0.5) is 5.69 Å². The van der Waals surface area contributed by atoms with Crippen LogP contribution >= 0.6 is 0 Å². The molecule has 1 saturated heterocycles. The van der Waals surface area contributed by atoms with E-state index in [1.54, 1.807) is 0 Å². The van der Waals surface area contributed by atoms with Crippen LogP contribution in [-0.4, -0.2) is 48.4 Å². The van der Waals surface area contributed by atoms with Gasteiger partial charge in [-0.3, -0.25) is 0 Å². The van der Waals surface area contributed by atoms with E-state index in [1.165, 1.54) is 22.4 Å². The summed E-state index contributed by atoms with van der Waals surface area (Å²) in [6.07, 6.45) is 2.74. The van der Waals surface area contributed by atoms with Gasteiger partial charge in [-0.15, -0.1) is 0 Å². The monoisotopic (exact) mass is 320 g/mol. The minimum absolute atomic E-state index is 0.119. The summed E-state index contributed by atoms with van der Waals surface area (Å²) in [5.74, 6) is 0. The summed E-state index contributed by atoms with van der Waals surface area (Å²) in [5.41, 5.74) is 2.35. The SMILES string of the molecule is Cc1cccc(N2CCN(S(=O)(=O)c3cnc[nH]3)CC2C)c1. The lowest BCUT2D eigenvalue weighted by Gasteiger charge is -2.40. The van der Waals surface area contributed by atoms with Crippen molar-refractivity contribution in [1.82, 2.24) is 14.3 Å². The Morgan fingerprint density at radius 3 is 2.77 bits per heavy atom. The van der Waals surface area contributed by atoms with Gasteiger partial charge in [0.25, 0.3) is 10.0 Å². The van der Waals surface area contributed by atoms with Crippen LogP contribution in [0.3, 0.4) is 0 Å². The number of aryl methyl sites for hydroxylation is 1. The smallest absolute Gasteiger partial charge is 0.260 e. The number of H-pyrrole nitrogens is 1. The molecule has 0 radical (unpaired) electrons. The van der Waals surface area contributed by atoms with Crippen molar-refractivity contribution in [2.24, 2.45) is 0 Å². The summed E-state index contributed by atoms with van der Waals surface area (Å²) in [6, 6.07) is 8.42. The van der Waals surface area contributed by atoms with Crippen LogP contribution < -0.4 is 4.90 Å². The van der Waals surface area contributed by atoms with Gasteiger partial charge >= 0.3 is 0 Å². The fourth-order valence-corrected chi connectivity index (χ4v) is 4.26. The van der Waals surface area contributed by atoms with Crippen LogP contribution in [0.25, 0.3) is 0 Å². The van der Waals surface area contributed by atoms with Crippen molar-refractivity contribution >= 4 is 15.7 Å². The number of benzene rings is 1. The van der Waals surface area contributed by atoms with Crippen molar-refractivity contribution in [2.75, 3.05) is 24.5 Å². The molecule has 1 atom stereocenters. The minimum atomic E-state index is -3.48. The van der Waals surface area contributed by atoms with Crippen LogP contribution in [0.2, 0.25) is 0 Å². The average molecular weight is 320 g/mol. The van der Waals surface area contributed by atoms with Crippen molar-refractivity contribution in [1.29, 1.82) is 0 Å². The number of rotatable bonds is 3. The third-order valence-corrected chi connectivity index (χ3v) is 5.81. The van der Waals surface area contributed by atoms with Gasteiger partial charge < -0.3 is 9.88 Å². The molecular formula is C15H20N4O2S. The summed E-state index contributed by atoms with van der Waals surface area (Å²) < 4.78 is 26.6. The predicted octanol–water partition coefficient (Wildman–Crippen LogP) is 1.62. The molecule has 118 valence electrons. The Kier molecular flexibility index (Phi) is 3.92. The van der Waals surface area contributed by atoms with Crippen LogP contribution in [0.5, 0.6) is 0 Å². The van der Waals surface area contributed by atoms with E-state index in [4.69, 9.17) is 0 Å². The van der Waals surface area contributed by atoms with Gasteiger partial charge in [0.2, 0.25) is 0 Å². The molecule has 0 saturated carbocycles. The normalized spacial score (nSPS) is 20.3. The molecule has 0 amide bonds. The molecule has 0 bridgehead atoms. The maximum atomic E-state index is 12.5. The molecule has 1 aromatic heterocycles. The molecule has 1 aromatic carbocycles. The fourth-order valence-electron chi connectivity index (χ4n) is 2.86. The molecule has 6 nitrogen and oxygen atoms in total. The number of aromatic nitrogens is 2. The molecule has 1 unspecified atom stereocenters. The molecule has 2 aromatic rings. The highest BCUT2D eigenvalue weighted by Crippen LogP contribution is 2.24. The second kappa shape index (κ2) is 5.73. The molecule has 0 aliphatic carbocycles. The molecule has 2 heterocycles. The fraction of sp³-hybridized carbons (Fsp3) is 0.400. The van der Waals surface area contributed by atoms with Gasteiger partial charge in [0.15, 0.2) is 5.03 Å². The van der Waals surface area contributed by atoms with Gasteiger partial charge in [-0.1, -0.05) is 12.1 Å². The van der Waals surface area contributed by atoms with Crippen LogP contribution in [0, 0.1) is 6.92 Å². The van der Waals surface area contributed by atoms with Gasteiger partial charge in [0.05, 0.1) is 12.5 Å². The topological polar surface area (TPSA) is 69.3 Å². The van der Waals surface area contributed by atoms with E-state index >= 15 is 0 Å². The molecule has 1 aliphatic rings. The molecule has 1 N–H and O–H groups in total. The van der Waals surface area contributed by atoms with E-state index in [9.17, 15) is 8.42 Å². The number of anilines is 1. The third-order valence-electron chi connectivity index (χ3n) is 4.01. The maximum absolute atomic E-state index is 12.5. The van der Waals surface area contributed by atoms with Crippen LogP contribution in [0.15, 0.2) is 41.8 Å². The van der Waals surface area contributed by atoms with Crippen molar-refractivity contribution in [3.8, 4) is 0 Å². The molecule has 22 heavy (non-hydrogen) atoms. The van der Waals surface area contributed by atoms with Crippen molar-refractivity contribution in [3.05, 3.63) is 42.4 Å². The van der Waals surface area contributed by atoms with E-state index in [2.05, 4.69) is 46.9 Å². The number of hydrogen-bond acceptors (Lipinski definition) is 4.